The van der Waals surface area contributed by atoms with Crippen molar-refractivity contribution in [3.63, 3.8) is 0 Å². The number of ether oxygens (including phenoxy) is 2. The maximum atomic E-state index is 13.1. The summed E-state index contributed by atoms with van der Waals surface area (Å²) in [6, 6.07) is 13.2. The summed E-state index contributed by atoms with van der Waals surface area (Å²) in [5.41, 5.74) is 2.41. The number of hydrazone groups is 1. The number of alkyl halides is 3. The Bertz CT molecular complexity index is 1180. The van der Waals surface area contributed by atoms with Gasteiger partial charge in [0, 0.05) is 5.56 Å². The Kier molecular flexibility index (Phi) is 8.27. The number of hydrogen-bond donors (Lipinski definition) is 1. The number of nitrogens with zero attached hydrogens (tertiary/aromatic N) is 1. The minimum Gasteiger partial charge on any atom is -0.490 e. The van der Waals surface area contributed by atoms with Gasteiger partial charge in [0.2, 0.25) is 0 Å². The van der Waals surface area contributed by atoms with E-state index < -0.39 is 17.6 Å². The van der Waals surface area contributed by atoms with Crippen LogP contribution in [0.1, 0.15) is 34.0 Å². The van der Waals surface area contributed by atoms with Gasteiger partial charge in [-0.3, -0.25) is 4.79 Å². The molecule has 0 fully saturated rings. The fourth-order valence-corrected chi connectivity index (χ4v) is 3.44. The quantitative estimate of drug-likeness (QED) is 0.206. The smallest absolute Gasteiger partial charge is 0.416 e. The standard InChI is InChI=1S/C24H19BrF4N2O3/c1-2-33-21-11-16(10-20(25)22(21)34-14-15-6-8-19(26)9-7-15)13-30-31-23(32)17-4-3-5-18(12-17)24(27,28)29/h3-13H,2,14H2,1H3,(H,31,32)/b30-13-. The van der Waals surface area contributed by atoms with Crippen molar-refractivity contribution in [2.75, 3.05) is 6.61 Å². The van der Waals surface area contributed by atoms with Crippen molar-refractivity contribution < 1.29 is 31.8 Å². The molecule has 178 valence electrons. The van der Waals surface area contributed by atoms with E-state index in [1.807, 2.05) is 0 Å². The largest absolute Gasteiger partial charge is 0.490 e. The summed E-state index contributed by atoms with van der Waals surface area (Å²) < 4.78 is 63.6. The average molecular weight is 539 g/mol. The minimum atomic E-state index is -4.55. The van der Waals surface area contributed by atoms with Gasteiger partial charge in [-0.15, -0.1) is 0 Å². The monoisotopic (exact) mass is 538 g/mol. The summed E-state index contributed by atoms with van der Waals surface area (Å²) in [5.74, 6) is -0.296. The van der Waals surface area contributed by atoms with Gasteiger partial charge in [0.25, 0.3) is 5.91 Å². The van der Waals surface area contributed by atoms with E-state index in [1.54, 1.807) is 31.2 Å². The second-order valence-electron chi connectivity index (χ2n) is 6.96. The molecular weight excluding hydrogens is 520 g/mol. The zero-order valence-electron chi connectivity index (χ0n) is 17.8. The Morgan fingerprint density at radius 3 is 2.50 bits per heavy atom. The Morgan fingerprint density at radius 1 is 1.09 bits per heavy atom. The number of hydrogen-bond acceptors (Lipinski definition) is 4. The molecule has 3 rings (SSSR count). The topological polar surface area (TPSA) is 59.9 Å². The highest BCUT2D eigenvalue weighted by Gasteiger charge is 2.30. The van der Waals surface area contributed by atoms with Crippen LogP contribution >= 0.6 is 15.9 Å². The summed E-state index contributed by atoms with van der Waals surface area (Å²) in [7, 11) is 0. The maximum Gasteiger partial charge on any atom is 0.416 e. The molecule has 1 amide bonds. The van der Waals surface area contributed by atoms with E-state index in [-0.39, 0.29) is 18.0 Å². The molecule has 0 unspecified atom stereocenters. The van der Waals surface area contributed by atoms with Crippen molar-refractivity contribution in [2.24, 2.45) is 5.10 Å². The van der Waals surface area contributed by atoms with Crippen LogP contribution in [0.4, 0.5) is 17.6 Å². The molecule has 0 saturated carbocycles. The Hall–Kier alpha value is -3.40. The van der Waals surface area contributed by atoms with E-state index >= 15 is 0 Å². The van der Waals surface area contributed by atoms with E-state index in [9.17, 15) is 22.4 Å². The minimum absolute atomic E-state index is 0.173. The maximum absolute atomic E-state index is 13.1. The molecule has 0 atom stereocenters. The first-order chi connectivity index (χ1) is 16.2. The van der Waals surface area contributed by atoms with Crippen molar-refractivity contribution in [3.8, 4) is 11.5 Å². The number of halogens is 5. The van der Waals surface area contributed by atoms with Gasteiger partial charge < -0.3 is 9.47 Å². The van der Waals surface area contributed by atoms with Crippen LogP contribution in [-0.2, 0) is 12.8 Å². The predicted octanol–water partition coefficient (Wildman–Crippen LogP) is 6.35. The zero-order chi connectivity index (χ0) is 24.7. The summed E-state index contributed by atoms with van der Waals surface area (Å²) in [6.45, 7) is 2.33. The van der Waals surface area contributed by atoms with E-state index in [4.69, 9.17) is 9.47 Å². The number of carbonyl (C=O) groups excluding carboxylic acids is 1. The van der Waals surface area contributed by atoms with Crippen LogP contribution in [0.25, 0.3) is 0 Å². The third-order valence-corrected chi connectivity index (χ3v) is 5.05. The fraction of sp³-hybridized carbons (Fsp3) is 0.167. The van der Waals surface area contributed by atoms with Crippen molar-refractivity contribution in [2.45, 2.75) is 19.7 Å². The van der Waals surface area contributed by atoms with E-state index in [2.05, 4.69) is 26.5 Å². The zero-order valence-corrected chi connectivity index (χ0v) is 19.4. The van der Waals surface area contributed by atoms with Crippen LogP contribution in [-0.4, -0.2) is 18.7 Å². The summed E-state index contributed by atoms with van der Waals surface area (Å²) in [6.07, 6.45) is -3.23. The summed E-state index contributed by atoms with van der Waals surface area (Å²) in [4.78, 5) is 12.2. The second-order valence-corrected chi connectivity index (χ2v) is 7.81. The molecule has 1 N–H and O–H groups in total. The van der Waals surface area contributed by atoms with Crippen LogP contribution in [0.2, 0.25) is 0 Å². The summed E-state index contributed by atoms with van der Waals surface area (Å²) in [5, 5.41) is 3.83. The lowest BCUT2D eigenvalue weighted by Crippen LogP contribution is -2.18. The van der Waals surface area contributed by atoms with E-state index in [1.165, 1.54) is 24.4 Å². The number of amides is 1. The molecule has 5 nitrogen and oxygen atoms in total. The van der Waals surface area contributed by atoms with Gasteiger partial charge in [-0.25, -0.2) is 9.82 Å². The van der Waals surface area contributed by atoms with E-state index in [0.717, 1.165) is 23.8 Å². The Balaban J connectivity index is 1.72. The molecule has 3 aromatic rings. The molecule has 34 heavy (non-hydrogen) atoms. The van der Waals surface area contributed by atoms with Crippen LogP contribution in [0.15, 0.2) is 70.2 Å². The molecule has 0 aromatic heterocycles. The molecule has 0 radical (unpaired) electrons. The lowest BCUT2D eigenvalue weighted by Gasteiger charge is -2.14. The SMILES string of the molecule is CCOc1cc(/C=N\NC(=O)c2cccc(C(F)(F)F)c2)cc(Br)c1OCc1ccc(F)cc1. The Morgan fingerprint density at radius 2 is 1.82 bits per heavy atom. The molecular formula is C24H19BrF4N2O3. The molecule has 10 heteroatoms. The van der Waals surface area contributed by atoms with Crippen LogP contribution < -0.4 is 14.9 Å². The van der Waals surface area contributed by atoms with Crippen molar-refractivity contribution in [1.82, 2.24) is 5.43 Å². The van der Waals surface area contributed by atoms with Gasteiger partial charge in [-0.05, 0) is 76.4 Å². The fourth-order valence-electron chi connectivity index (χ4n) is 2.87. The highest BCUT2D eigenvalue weighted by Crippen LogP contribution is 2.37. The Labute approximate surface area is 201 Å². The first kappa shape index (κ1) is 25.2. The number of benzene rings is 3. The van der Waals surface area contributed by atoms with Crippen LogP contribution in [0.5, 0.6) is 11.5 Å². The number of rotatable bonds is 8. The summed E-state index contributed by atoms with van der Waals surface area (Å²) >= 11 is 3.42. The van der Waals surface area contributed by atoms with Gasteiger partial charge in [0.15, 0.2) is 11.5 Å². The van der Waals surface area contributed by atoms with Crippen molar-refractivity contribution in [1.29, 1.82) is 0 Å². The lowest BCUT2D eigenvalue weighted by atomic mass is 10.1. The molecule has 0 heterocycles. The van der Waals surface area contributed by atoms with Gasteiger partial charge in [0.1, 0.15) is 12.4 Å². The molecule has 0 spiro atoms. The highest BCUT2D eigenvalue weighted by atomic mass is 79.9. The van der Waals surface area contributed by atoms with Crippen LogP contribution in [0.3, 0.4) is 0 Å². The van der Waals surface area contributed by atoms with Gasteiger partial charge in [-0.2, -0.15) is 18.3 Å². The molecule has 0 aliphatic carbocycles. The molecule has 0 aliphatic heterocycles. The number of carbonyl (C=O) groups is 1. The molecule has 3 aromatic carbocycles. The normalized spacial score (nSPS) is 11.5. The third-order valence-electron chi connectivity index (χ3n) is 4.46. The number of nitrogens with one attached hydrogen (secondary N) is 1. The molecule has 0 aliphatic rings. The highest BCUT2D eigenvalue weighted by molar-refractivity contribution is 9.10. The lowest BCUT2D eigenvalue weighted by molar-refractivity contribution is -0.137. The van der Waals surface area contributed by atoms with Gasteiger partial charge in [-0.1, -0.05) is 18.2 Å². The molecule has 0 saturated heterocycles. The van der Waals surface area contributed by atoms with Crippen LogP contribution in [0, 0.1) is 5.82 Å². The third kappa shape index (κ3) is 6.80. The predicted molar refractivity (Wildman–Crippen MR) is 123 cm³/mol. The first-order valence-corrected chi connectivity index (χ1v) is 10.8. The second kappa shape index (κ2) is 11.1. The van der Waals surface area contributed by atoms with Gasteiger partial charge >= 0.3 is 6.18 Å². The van der Waals surface area contributed by atoms with Gasteiger partial charge in [0.05, 0.1) is 22.9 Å². The van der Waals surface area contributed by atoms with Crippen molar-refractivity contribution in [3.05, 3.63) is 93.2 Å². The average Bonchev–Trinajstić information content (AvgIpc) is 2.79. The van der Waals surface area contributed by atoms with E-state index in [0.29, 0.717) is 28.1 Å². The molecule has 0 bridgehead atoms. The van der Waals surface area contributed by atoms with Crippen molar-refractivity contribution >= 4 is 28.1 Å². The first-order valence-electron chi connectivity index (χ1n) is 10.0.